The minimum atomic E-state index is -4.09. The zero-order valence-electron chi connectivity index (χ0n) is 13.2. The van der Waals surface area contributed by atoms with E-state index in [-0.39, 0.29) is 10.9 Å². The minimum absolute atomic E-state index is 0.319. The summed E-state index contributed by atoms with van der Waals surface area (Å²) >= 11 is 0. The third-order valence-corrected chi connectivity index (χ3v) is 6.07. The van der Waals surface area contributed by atoms with Crippen molar-refractivity contribution in [3.8, 4) is 5.75 Å². The van der Waals surface area contributed by atoms with Gasteiger partial charge in [-0.2, -0.15) is 0 Å². The fourth-order valence-electron chi connectivity index (χ4n) is 3.11. The molecule has 2 aromatic carbocycles. The molecule has 0 saturated heterocycles. The molecule has 1 aliphatic rings. The van der Waals surface area contributed by atoms with Crippen LogP contribution in [-0.4, -0.2) is 30.6 Å². The normalized spacial score (nSPS) is 16.9. The molecule has 0 spiro atoms. The maximum Gasteiger partial charge on any atom is 0.339 e. The van der Waals surface area contributed by atoms with Crippen molar-refractivity contribution in [2.45, 2.75) is 31.2 Å². The van der Waals surface area contributed by atoms with Gasteiger partial charge >= 0.3 is 5.97 Å². The molecule has 3 rings (SSSR count). The molecule has 0 fully saturated rings. The number of hydrogen-bond acceptors (Lipinski definition) is 4. The number of sulfonamides is 1. The van der Waals surface area contributed by atoms with Crippen LogP contribution in [0.1, 0.15) is 28.4 Å². The Bertz CT molecular complexity index is 936. The molecular formula is C17H17NO5S. The first-order valence-corrected chi connectivity index (χ1v) is 8.86. The molecule has 1 aliphatic heterocycles. The van der Waals surface area contributed by atoms with Crippen molar-refractivity contribution in [2.75, 3.05) is 4.31 Å². The third-order valence-electron chi connectivity index (χ3n) is 4.13. The lowest BCUT2D eigenvalue weighted by Crippen LogP contribution is -2.36. The summed E-state index contributed by atoms with van der Waals surface area (Å²) in [7, 11) is -4.09. The van der Waals surface area contributed by atoms with Crippen LogP contribution in [0.15, 0.2) is 41.3 Å². The molecule has 0 aromatic heterocycles. The Morgan fingerprint density at radius 3 is 2.58 bits per heavy atom. The van der Waals surface area contributed by atoms with Crippen LogP contribution in [0.4, 0.5) is 5.69 Å². The molecule has 0 aliphatic carbocycles. The predicted octanol–water partition coefficient (Wildman–Crippen LogP) is 2.54. The fraction of sp³-hybridized carbons (Fsp3) is 0.235. The SMILES string of the molecule is Cc1cc(C(=O)O)c(O)c(S(=O)(=O)N2c3ccccc3C[C@@H]2C)c1. The Kier molecular flexibility index (Phi) is 3.76. The second-order valence-electron chi connectivity index (χ2n) is 5.95. The number of carboxylic acid groups (broad SMARTS) is 1. The summed E-state index contributed by atoms with van der Waals surface area (Å²) in [5.41, 5.74) is 1.49. The summed E-state index contributed by atoms with van der Waals surface area (Å²) in [5, 5.41) is 19.4. The van der Waals surface area contributed by atoms with E-state index < -0.39 is 27.3 Å². The Balaban J connectivity index is 2.21. The van der Waals surface area contributed by atoms with Crippen molar-refractivity contribution in [1.29, 1.82) is 0 Å². The van der Waals surface area contributed by atoms with Crippen LogP contribution >= 0.6 is 0 Å². The van der Waals surface area contributed by atoms with Gasteiger partial charge in [-0.3, -0.25) is 4.31 Å². The quantitative estimate of drug-likeness (QED) is 0.890. The zero-order chi connectivity index (χ0) is 17.6. The smallest absolute Gasteiger partial charge is 0.339 e. The van der Waals surface area contributed by atoms with Gasteiger partial charge in [-0.05, 0) is 49.6 Å². The molecule has 1 heterocycles. The van der Waals surface area contributed by atoms with Gasteiger partial charge in [0.15, 0.2) is 5.75 Å². The van der Waals surface area contributed by atoms with Crippen LogP contribution in [0.3, 0.4) is 0 Å². The summed E-state index contributed by atoms with van der Waals surface area (Å²) in [5.74, 6) is -2.10. The first-order valence-electron chi connectivity index (χ1n) is 7.42. The monoisotopic (exact) mass is 347 g/mol. The fourth-order valence-corrected chi connectivity index (χ4v) is 5.00. The van der Waals surface area contributed by atoms with Gasteiger partial charge in [0.05, 0.1) is 5.69 Å². The number of aromatic carboxylic acids is 1. The number of carboxylic acids is 1. The highest BCUT2D eigenvalue weighted by Crippen LogP contribution is 2.39. The molecule has 2 aromatic rings. The lowest BCUT2D eigenvalue weighted by Gasteiger charge is -2.25. The lowest BCUT2D eigenvalue weighted by molar-refractivity contribution is 0.0693. The Hall–Kier alpha value is -2.54. The van der Waals surface area contributed by atoms with E-state index in [1.54, 1.807) is 26.0 Å². The maximum atomic E-state index is 13.1. The number of anilines is 1. The van der Waals surface area contributed by atoms with Gasteiger partial charge in [0.25, 0.3) is 10.0 Å². The van der Waals surface area contributed by atoms with Gasteiger partial charge in [-0.25, -0.2) is 13.2 Å². The van der Waals surface area contributed by atoms with Gasteiger partial charge < -0.3 is 10.2 Å². The van der Waals surface area contributed by atoms with E-state index in [9.17, 15) is 23.4 Å². The summed E-state index contributed by atoms with van der Waals surface area (Å²) in [4.78, 5) is 10.9. The number of nitrogens with zero attached hydrogens (tertiary/aromatic N) is 1. The summed E-state index contributed by atoms with van der Waals surface area (Å²) in [6.07, 6.45) is 0.563. The largest absolute Gasteiger partial charge is 0.506 e. The molecule has 2 N–H and O–H groups in total. The van der Waals surface area contributed by atoms with E-state index in [2.05, 4.69) is 0 Å². The van der Waals surface area contributed by atoms with E-state index in [0.29, 0.717) is 17.7 Å². The molecule has 24 heavy (non-hydrogen) atoms. The highest BCUT2D eigenvalue weighted by molar-refractivity contribution is 7.93. The van der Waals surface area contributed by atoms with Gasteiger partial charge in [-0.15, -0.1) is 0 Å². The average Bonchev–Trinajstić information content (AvgIpc) is 2.85. The molecule has 0 saturated carbocycles. The number of carbonyl (C=O) groups is 1. The van der Waals surface area contributed by atoms with Crippen molar-refractivity contribution < 1.29 is 23.4 Å². The standard InChI is InChI=1S/C17H17NO5S/c1-10-7-13(17(20)21)16(19)15(8-10)24(22,23)18-11(2)9-12-5-3-4-6-14(12)18/h3-8,11,19H,9H2,1-2H3,(H,20,21)/t11-/m0/s1. The second kappa shape index (κ2) is 5.52. The number of hydrogen-bond donors (Lipinski definition) is 2. The second-order valence-corrected chi connectivity index (χ2v) is 7.73. The zero-order valence-corrected chi connectivity index (χ0v) is 14.0. The van der Waals surface area contributed by atoms with E-state index >= 15 is 0 Å². The third kappa shape index (κ3) is 2.41. The van der Waals surface area contributed by atoms with Crippen molar-refractivity contribution in [1.82, 2.24) is 0 Å². The number of rotatable bonds is 3. The summed E-state index contributed by atoms with van der Waals surface area (Å²) < 4.78 is 27.5. The Morgan fingerprint density at radius 1 is 1.25 bits per heavy atom. The number of aryl methyl sites for hydroxylation is 1. The molecule has 1 atom stereocenters. The maximum absolute atomic E-state index is 13.1. The van der Waals surface area contributed by atoms with E-state index in [0.717, 1.165) is 5.56 Å². The van der Waals surface area contributed by atoms with Gasteiger partial charge in [0.2, 0.25) is 0 Å². The average molecular weight is 347 g/mol. The predicted molar refractivity (Wildman–Crippen MR) is 89.1 cm³/mol. The first-order chi connectivity index (χ1) is 11.2. The van der Waals surface area contributed by atoms with Crippen LogP contribution in [-0.2, 0) is 16.4 Å². The van der Waals surface area contributed by atoms with E-state index in [1.807, 2.05) is 12.1 Å². The highest BCUT2D eigenvalue weighted by Gasteiger charge is 2.38. The topological polar surface area (TPSA) is 94.9 Å². The molecule has 0 bridgehead atoms. The Labute approximate surface area is 140 Å². The summed E-state index contributed by atoms with van der Waals surface area (Å²) in [6.45, 7) is 3.37. The van der Waals surface area contributed by atoms with Crippen LogP contribution in [0.5, 0.6) is 5.75 Å². The van der Waals surface area contributed by atoms with Crippen molar-refractivity contribution >= 4 is 21.7 Å². The van der Waals surface area contributed by atoms with Gasteiger partial charge in [0, 0.05) is 6.04 Å². The van der Waals surface area contributed by atoms with Crippen LogP contribution in [0.2, 0.25) is 0 Å². The molecule has 0 unspecified atom stereocenters. The molecule has 7 heteroatoms. The molecule has 6 nitrogen and oxygen atoms in total. The number of aromatic hydroxyl groups is 1. The van der Waals surface area contributed by atoms with Crippen molar-refractivity contribution in [3.63, 3.8) is 0 Å². The van der Waals surface area contributed by atoms with E-state index in [4.69, 9.17) is 0 Å². The summed E-state index contributed by atoms with van der Waals surface area (Å²) in [6, 6.07) is 9.39. The number of benzene rings is 2. The number of phenols is 1. The molecule has 0 radical (unpaired) electrons. The van der Waals surface area contributed by atoms with Crippen LogP contribution < -0.4 is 4.31 Å². The van der Waals surface area contributed by atoms with Gasteiger partial charge in [-0.1, -0.05) is 18.2 Å². The van der Waals surface area contributed by atoms with Crippen molar-refractivity contribution in [2.24, 2.45) is 0 Å². The Morgan fingerprint density at radius 2 is 1.92 bits per heavy atom. The lowest BCUT2D eigenvalue weighted by atomic mass is 10.1. The van der Waals surface area contributed by atoms with Crippen molar-refractivity contribution in [3.05, 3.63) is 53.1 Å². The van der Waals surface area contributed by atoms with Gasteiger partial charge in [0.1, 0.15) is 10.5 Å². The highest BCUT2D eigenvalue weighted by atomic mass is 32.2. The minimum Gasteiger partial charge on any atom is -0.506 e. The van der Waals surface area contributed by atoms with Crippen LogP contribution in [0, 0.1) is 6.92 Å². The van der Waals surface area contributed by atoms with Crippen LogP contribution in [0.25, 0.3) is 0 Å². The van der Waals surface area contributed by atoms with E-state index in [1.165, 1.54) is 16.4 Å². The molecule has 126 valence electrons. The number of fused-ring (bicyclic) bond motifs is 1. The molecular weight excluding hydrogens is 330 g/mol. The first kappa shape index (κ1) is 16.3. The number of para-hydroxylation sites is 1. The molecule has 0 amide bonds.